The van der Waals surface area contributed by atoms with Gasteiger partial charge in [0.1, 0.15) is 6.04 Å². The van der Waals surface area contributed by atoms with Crippen LogP contribution in [0, 0.1) is 5.92 Å². The summed E-state index contributed by atoms with van der Waals surface area (Å²) in [6.07, 6.45) is 4.10. The second-order valence-corrected chi connectivity index (χ2v) is 7.74. The number of hydrogen-bond donors (Lipinski definition) is 1. The zero-order valence-electron chi connectivity index (χ0n) is 16.1. The van der Waals surface area contributed by atoms with Gasteiger partial charge >= 0.3 is 11.9 Å². The van der Waals surface area contributed by atoms with Gasteiger partial charge in [0.2, 0.25) is 0 Å². The van der Waals surface area contributed by atoms with Crippen LogP contribution in [-0.4, -0.2) is 43.4 Å². The van der Waals surface area contributed by atoms with Crippen LogP contribution in [0.4, 0.5) is 0 Å². The summed E-state index contributed by atoms with van der Waals surface area (Å²) in [5, 5.41) is 2.58. The topological polar surface area (TPSA) is 81.7 Å². The van der Waals surface area contributed by atoms with E-state index in [9.17, 15) is 14.4 Å². The molecule has 0 bridgehead atoms. The predicted octanol–water partition coefficient (Wildman–Crippen LogP) is 2.51. The molecule has 2 atom stereocenters. The van der Waals surface area contributed by atoms with Crippen LogP contribution in [0.2, 0.25) is 0 Å². The van der Waals surface area contributed by atoms with Gasteiger partial charge < -0.3 is 14.8 Å². The molecule has 0 saturated carbocycles. The number of ether oxygens (including phenoxy) is 2. The molecule has 1 amide bonds. The Morgan fingerprint density at radius 3 is 2.67 bits per heavy atom. The summed E-state index contributed by atoms with van der Waals surface area (Å²) < 4.78 is 9.74. The van der Waals surface area contributed by atoms with Crippen molar-refractivity contribution in [3.8, 4) is 0 Å². The molecular weight excluding hydrogens is 366 g/mol. The molecule has 0 heterocycles. The standard InChI is InChI=1S/C20H27NO5S/c1-4-13(2)19(20(24)25-3)21-17(22)11-26-18(23)12-27-16-9-8-14-6-5-7-15(14)10-16/h8-10,13,19H,4-7,11-12H2,1-3H3,(H,21,22)/t13-,19+/m0/s1. The Bertz CT molecular complexity index is 691. The molecule has 6 nitrogen and oxygen atoms in total. The first-order valence-corrected chi connectivity index (χ1v) is 10.2. The zero-order valence-corrected chi connectivity index (χ0v) is 16.9. The summed E-state index contributed by atoms with van der Waals surface area (Å²) in [7, 11) is 1.28. The molecule has 0 radical (unpaired) electrons. The fourth-order valence-corrected chi connectivity index (χ4v) is 3.74. The lowest BCUT2D eigenvalue weighted by Gasteiger charge is -2.21. The molecular formula is C20H27NO5S. The maximum Gasteiger partial charge on any atom is 0.328 e. The number of aryl methyl sites for hydroxylation is 2. The summed E-state index contributed by atoms with van der Waals surface area (Å²) in [5.41, 5.74) is 2.74. The van der Waals surface area contributed by atoms with Crippen LogP contribution >= 0.6 is 11.8 Å². The number of methoxy groups -OCH3 is 1. The Labute approximate surface area is 164 Å². The fourth-order valence-electron chi connectivity index (χ4n) is 2.98. The Hall–Kier alpha value is -2.02. The molecule has 148 valence electrons. The van der Waals surface area contributed by atoms with Crippen LogP contribution in [0.25, 0.3) is 0 Å². The molecule has 0 saturated heterocycles. The van der Waals surface area contributed by atoms with Crippen molar-refractivity contribution in [2.45, 2.75) is 50.5 Å². The Morgan fingerprint density at radius 2 is 1.96 bits per heavy atom. The summed E-state index contributed by atoms with van der Waals surface area (Å²) in [5.74, 6) is -1.42. The predicted molar refractivity (Wildman–Crippen MR) is 104 cm³/mol. The minimum atomic E-state index is -0.744. The highest BCUT2D eigenvalue weighted by atomic mass is 32.2. The molecule has 7 heteroatoms. The van der Waals surface area contributed by atoms with Crippen LogP contribution in [0.15, 0.2) is 23.1 Å². The molecule has 2 rings (SSSR count). The number of hydrogen-bond acceptors (Lipinski definition) is 6. The van der Waals surface area contributed by atoms with Crippen molar-refractivity contribution in [3.05, 3.63) is 29.3 Å². The maximum absolute atomic E-state index is 12.0. The lowest BCUT2D eigenvalue weighted by Crippen LogP contribution is -2.47. The van der Waals surface area contributed by atoms with E-state index in [0.29, 0.717) is 6.42 Å². The molecule has 27 heavy (non-hydrogen) atoms. The number of thioether (sulfide) groups is 1. The van der Waals surface area contributed by atoms with E-state index in [0.717, 1.165) is 17.7 Å². The number of carbonyl (C=O) groups excluding carboxylic acids is 3. The molecule has 0 spiro atoms. The first-order valence-electron chi connectivity index (χ1n) is 9.22. The van der Waals surface area contributed by atoms with Crippen LogP contribution in [-0.2, 0) is 36.7 Å². The van der Waals surface area contributed by atoms with Gasteiger partial charge in [-0.05, 0) is 48.4 Å². The zero-order chi connectivity index (χ0) is 19.8. The van der Waals surface area contributed by atoms with Gasteiger partial charge in [0, 0.05) is 4.90 Å². The number of fused-ring (bicyclic) bond motifs is 1. The monoisotopic (exact) mass is 393 g/mol. The smallest absolute Gasteiger partial charge is 0.328 e. The Balaban J connectivity index is 1.75. The average molecular weight is 394 g/mol. The average Bonchev–Trinajstić information content (AvgIpc) is 3.15. The van der Waals surface area contributed by atoms with E-state index in [-0.39, 0.29) is 11.7 Å². The highest BCUT2D eigenvalue weighted by Gasteiger charge is 2.26. The first-order chi connectivity index (χ1) is 12.9. The Morgan fingerprint density at radius 1 is 1.22 bits per heavy atom. The number of amides is 1. The summed E-state index contributed by atoms with van der Waals surface area (Å²) >= 11 is 1.40. The third-order valence-electron chi connectivity index (χ3n) is 4.78. The normalized spacial score (nSPS) is 14.8. The Kier molecular flexibility index (Phi) is 8.16. The third kappa shape index (κ3) is 6.27. The van der Waals surface area contributed by atoms with E-state index >= 15 is 0 Å². The molecule has 1 aliphatic carbocycles. The molecule has 0 aliphatic heterocycles. The number of carbonyl (C=O) groups is 3. The lowest BCUT2D eigenvalue weighted by atomic mass is 9.99. The highest BCUT2D eigenvalue weighted by Crippen LogP contribution is 2.27. The van der Waals surface area contributed by atoms with E-state index in [1.807, 2.05) is 19.9 Å². The quantitative estimate of drug-likeness (QED) is 0.513. The van der Waals surface area contributed by atoms with Crippen molar-refractivity contribution < 1.29 is 23.9 Å². The van der Waals surface area contributed by atoms with Crippen molar-refractivity contribution in [3.63, 3.8) is 0 Å². The molecule has 0 unspecified atom stereocenters. The van der Waals surface area contributed by atoms with Crippen molar-refractivity contribution in [2.24, 2.45) is 5.92 Å². The van der Waals surface area contributed by atoms with Crippen LogP contribution in [0.1, 0.15) is 37.8 Å². The van der Waals surface area contributed by atoms with Crippen LogP contribution in [0.5, 0.6) is 0 Å². The van der Waals surface area contributed by atoms with Gasteiger partial charge in [-0.3, -0.25) is 9.59 Å². The van der Waals surface area contributed by atoms with Gasteiger partial charge in [-0.25, -0.2) is 4.79 Å². The highest BCUT2D eigenvalue weighted by molar-refractivity contribution is 8.00. The van der Waals surface area contributed by atoms with Gasteiger partial charge in [-0.15, -0.1) is 11.8 Å². The summed E-state index contributed by atoms with van der Waals surface area (Å²) in [4.78, 5) is 36.7. The minimum absolute atomic E-state index is 0.0764. The SMILES string of the molecule is CC[C@H](C)[C@@H](NC(=O)COC(=O)CSc1ccc2c(c1)CCC2)C(=O)OC. The second kappa shape index (κ2) is 10.3. The largest absolute Gasteiger partial charge is 0.467 e. The number of rotatable bonds is 9. The minimum Gasteiger partial charge on any atom is -0.467 e. The fraction of sp³-hybridized carbons (Fsp3) is 0.550. The van der Waals surface area contributed by atoms with E-state index in [4.69, 9.17) is 9.47 Å². The van der Waals surface area contributed by atoms with E-state index in [2.05, 4.69) is 17.4 Å². The van der Waals surface area contributed by atoms with E-state index in [1.165, 1.54) is 36.4 Å². The third-order valence-corrected chi connectivity index (χ3v) is 5.74. The molecule has 0 fully saturated rings. The van der Waals surface area contributed by atoms with Gasteiger partial charge in [-0.2, -0.15) is 0 Å². The summed E-state index contributed by atoms with van der Waals surface area (Å²) in [6, 6.07) is 5.51. The molecule has 0 aromatic heterocycles. The van der Waals surface area contributed by atoms with Gasteiger partial charge in [-0.1, -0.05) is 26.3 Å². The van der Waals surface area contributed by atoms with Gasteiger partial charge in [0.05, 0.1) is 12.9 Å². The first kappa shape index (κ1) is 21.3. The number of esters is 2. The molecule has 1 aromatic rings. The maximum atomic E-state index is 12.0. The van der Waals surface area contributed by atoms with Crippen molar-refractivity contribution in [1.82, 2.24) is 5.32 Å². The van der Waals surface area contributed by atoms with Crippen LogP contribution < -0.4 is 5.32 Å². The van der Waals surface area contributed by atoms with Crippen molar-refractivity contribution >= 4 is 29.6 Å². The molecule has 1 aromatic carbocycles. The van der Waals surface area contributed by atoms with Crippen LogP contribution in [0.3, 0.4) is 0 Å². The van der Waals surface area contributed by atoms with Crippen molar-refractivity contribution in [1.29, 1.82) is 0 Å². The lowest BCUT2D eigenvalue weighted by molar-refractivity contribution is -0.149. The summed E-state index contributed by atoms with van der Waals surface area (Å²) in [6.45, 7) is 3.36. The number of nitrogens with one attached hydrogen (secondary N) is 1. The van der Waals surface area contributed by atoms with Crippen molar-refractivity contribution in [2.75, 3.05) is 19.5 Å². The van der Waals surface area contributed by atoms with E-state index in [1.54, 1.807) is 0 Å². The number of benzene rings is 1. The van der Waals surface area contributed by atoms with Gasteiger partial charge in [0.15, 0.2) is 6.61 Å². The van der Waals surface area contributed by atoms with Gasteiger partial charge in [0.25, 0.3) is 5.91 Å². The molecule has 1 aliphatic rings. The molecule has 1 N–H and O–H groups in total. The second-order valence-electron chi connectivity index (χ2n) is 6.69. The van der Waals surface area contributed by atoms with E-state index < -0.39 is 30.5 Å².